The van der Waals surface area contributed by atoms with E-state index in [2.05, 4.69) is 40.7 Å². The van der Waals surface area contributed by atoms with Crippen molar-refractivity contribution in [1.82, 2.24) is 4.90 Å². The number of furan rings is 2. The lowest BCUT2D eigenvalue weighted by Crippen LogP contribution is -2.29. The normalized spacial score (nSPS) is 13.3. The minimum Gasteiger partial charge on any atom is -0.466 e. The summed E-state index contributed by atoms with van der Waals surface area (Å²) >= 11 is 0. The lowest BCUT2D eigenvalue weighted by Gasteiger charge is -2.20. The molecule has 0 amide bonds. The van der Waals surface area contributed by atoms with Crippen LogP contribution in [0.5, 0.6) is 0 Å². The van der Waals surface area contributed by atoms with Gasteiger partial charge in [-0.15, -0.1) is 0 Å². The summed E-state index contributed by atoms with van der Waals surface area (Å²) in [6, 6.07) is 2.19. The molecule has 2 aromatic heterocycles. The van der Waals surface area contributed by atoms with Gasteiger partial charge in [-0.25, -0.2) is 4.57 Å². The van der Waals surface area contributed by atoms with Crippen molar-refractivity contribution in [1.29, 1.82) is 0 Å². The molecule has 2 heterocycles. The topological polar surface area (TPSA) is 138 Å². The molecule has 58 heavy (non-hydrogen) atoms. The molecule has 0 aliphatic rings. The van der Waals surface area contributed by atoms with E-state index < -0.39 is 32.5 Å². The smallest absolute Gasteiger partial charge is 0.466 e. The summed E-state index contributed by atoms with van der Waals surface area (Å²) in [6.07, 6.45) is 22.5. The molecule has 0 saturated carbocycles. The van der Waals surface area contributed by atoms with E-state index in [0.29, 0.717) is 19.4 Å². The summed E-state index contributed by atoms with van der Waals surface area (Å²) in [5.41, 5.74) is 3.88. The number of carbonyl (C=O) groups is 2. The first-order valence-electron chi connectivity index (χ1n) is 22.6. The van der Waals surface area contributed by atoms with Crippen LogP contribution in [-0.2, 0) is 58.4 Å². The summed E-state index contributed by atoms with van der Waals surface area (Å²) in [5, 5.41) is 0. The van der Waals surface area contributed by atoms with Gasteiger partial charge in [0.2, 0.25) is 0 Å². The fourth-order valence-corrected chi connectivity index (χ4v) is 7.73. The minimum absolute atomic E-state index is 0.00606. The molecule has 0 fully saturated rings. The molecule has 0 spiro atoms. The lowest BCUT2D eigenvalue weighted by atomic mass is 10.0. The molecular weight excluding hydrogens is 757 g/mol. The molecule has 0 bridgehead atoms. The number of rotatable bonds is 36. The largest absolute Gasteiger partial charge is 0.472 e. The summed E-state index contributed by atoms with van der Waals surface area (Å²) in [6.45, 7) is 10.6. The van der Waals surface area contributed by atoms with Gasteiger partial charge in [0.1, 0.15) is 29.6 Å². The van der Waals surface area contributed by atoms with E-state index in [4.69, 9.17) is 27.4 Å². The molecular formula is C46H80NO10P. The summed E-state index contributed by atoms with van der Waals surface area (Å²) < 4.78 is 45.8. The fourth-order valence-electron chi connectivity index (χ4n) is 6.98. The summed E-state index contributed by atoms with van der Waals surface area (Å²) in [5.74, 6) is 3.66. The molecule has 334 valence electrons. The molecule has 2 atom stereocenters. The average molecular weight is 838 g/mol. The third-order valence-corrected chi connectivity index (χ3v) is 11.7. The summed E-state index contributed by atoms with van der Waals surface area (Å²) in [4.78, 5) is 37.3. The van der Waals surface area contributed by atoms with E-state index in [9.17, 15) is 19.0 Å². The van der Waals surface area contributed by atoms with Gasteiger partial charge in [-0.2, -0.15) is 0 Å². The highest BCUT2D eigenvalue weighted by Gasteiger charge is 2.26. The Morgan fingerprint density at radius 3 is 1.78 bits per heavy atom. The van der Waals surface area contributed by atoms with Crippen molar-refractivity contribution in [3.05, 3.63) is 45.8 Å². The number of hydrogen-bond donors (Lipinski definition) is 1. The highest BCUT2D eigenvalue weighted by molar-refractivity contribution is 7.47. The number of hydrogen-bond acceptors (Lipinski definition) is 10. The monoisotopic (exact) mass is 838 g/mol. The standard InChI is InChI=1S/C46H80NO10P/c1-8-10-21-27-40-34-37(3)42(55-40)28-22-17-15-16-20-25-31-46(49)56-41(36-54-58(50,51)53-33-32-47(6)7)35-52-45(48)30-24-19-14-12-11-13-18-23-29-44-39(5)38(4)43(57-44)26-9-2/h34,41H,8-33,35-36H2,1-7H3,(H,50,51)/t41-/m1/s1. The van der Waals surface area contributed by atoms with E-state index in [0.717, 1.165) is 113 Å². The van der Waals surface area contributed by atoms with Crippen LogP contribution in [-0.4, -0.2) is 68.3 Å². The number of aryl methyl sites for hydroxylation is 5. The highest BCUT2D eigenvalue weighted by atomic mass is 31.2. The van der Waals surface area contributed by atoms with Crippen LogP contribution < -0.4 is 0 Å². The molecule has 0 aromatic carbocycles. The molecule has 1 unspecified atom stereocenters. The van der Waals surface area contributed by atoms with Crippen LogP contribution in [0.3, 0.4) is 0 Å². The van der Waals surface area contributed by atoms with Gasteiger partial charge in [-0.3, -0.25) is 18.6 Å². The zero-order valence-corrected chi connectivity index (χ0v) is 38.4. The Hall–Kier alpha value is -2.43. The number of nitrogens with zero attached hydrogens (tertiary/aromatic N) is 1. The third-order valence-electron chi connectivity index (χ3n) is 10.7. The first-order chi connectivity index (χ1) is 27.8. The van der Waals surface area contributed by atoms with Crippen molar-refractivity contribution < 1.29 is 46.4 Å². The Kier molecular flexibility index (Phi) is 27.3. The number of likely N-dealkylation sites (N-methyl/N-ethyl adjacent to an activating group) is 1. The molecule has 12 heteroatoms. The Labute approximate surface area is 351 Å². The van der Waals surface area contributed by atoms with Gasteiger partial charge >= 0.3 is 19.8 Å². The number of ether oxygens (including phenoxy) is 2. The Bertz CT molecular complexity index is 1450. The van der Waals surface area contributed by atoms with Crippen molar-refractivity contribution >= 4 is 19.8 Å². The second kappa shape index (κ2) is 30.6. The van der Waals surface area contributed by atoms with Crippen LogP contribution in [0.15, 0.2) is 14.9 Å². The number of esters is 2. The number of phosphoric acid groups is 1. The molecule has 0 radical (unpaired) electrons. The molecule has 11 nitrogen and oxygen atoms in total. The SMILES string of the molecule is CCCCCc1cc(C)c(CCCCCCCCC(=O)O[C@H](COC(=O)CCCCCCCCCCc2oc(CCC)c(C)c2C)COP(=O)(O)OCCN(C)C)o1. The van der Waals surface area contributed by atoms with Gasteiger partial charge in [0, 0.05) is 45.1 Å². The maximum Gasteiger partial charge on any atom is 0.472 e. The minimum atomic E-state index is -4.39. The molecule has 0 aliphatic carbocycles. The first kappa shape index (κ1) is 51.7. The maximum atomic E-state index is 12.7. The predicted octanol–water partition coefficient (Wildman–Crippen LogP) is 11.7. The van der Waals surface area contributed by atoms with Crippen molar-refractivity contribution in [2.75, 3.05) is 40.5 Å². The quantitative estimate of drug-likeness (QED) is 0.0399. The molecule has 2 aromatic rings. The Morgan fingerprint density at radius 2 is 1.19 bits per heavy atom. The van der Waals surface area contributed by atoms with Crippen LogP contribution >= 0.6 is 7.82 Å². The fraction of sp³-hybridized carbons (Fsp3) is 0.783. The molecule has 0 saturated heterocycles. The zero-order valence-electron chi connectivity index (χ0n) is 37.5. The van der Waals surface area contributed by atoms with Gasteiger partial charge in [0.05, 0.1) is 13.2 Å². The molecule has 0 aliphatic heterocycles. The van der Waals surface area contributed by atoms with E-state index in [-0.39, 0.29) is 26.1 Å². The van der Waals surface area contributed by atoms with Gasteiger partial charge in [-0.05, 0) is 96.1 Å². The van der Waals surface area contributed by atoms with E-state index >= 15 is 0 Å². The van der Waals surface area contributed by atoms with E-state index in [1.807, 2.05) is 19.0 Å². The van der Waals surface area contributed by atoms with Crippen molar-refractivity contribution in [3.8, 4) is 0 Å². The van der Waals surface area contributed by atoms with Gasteiger partial charge in [-0.1, -0.05) is 90.9 Å². The lowest BCUT2D eigenvalue weighted by molar-refractivity contribution is -0.161. The van der Waals surface area contributed by atoms with Crippen molar-refractivity contribution in [3.63, 3.8) is 0 Å². The second-order valence-electron chi connectivity index (χ2n) is 16.4. The maximum absolute atomic E-state index is 12.7. The molecule has 1 N–H and O–H groups in total. The molecule has 2 rings (SSSR count). The van der Waals surface area contributed by atoms with Gasteiger partial charge < -0.3 is 28.1 Å². The van der Waals surface area contributed by atoms with E-state index in [1.54, 1.807) is 0 Å². The van der Waals surface area contributed by atoms with Gasteiger partial charge in [0.25, 0.3) is 0 Å². The van der Waals surface area contributed by atoms with Crippen LogP contribution in [0.25, 0.3) is 0 Å². The Morgan fingerprint density at radius 1 is 0.655 bits per heavy atom. The number of phosphoric ester groups is 1. The second-order valence-corrected chi connectivity index (χ2v) is 17.8. The van der Waals surface area contributed by atoms with E-state index in [1.165, 1.54) is 55.2 Å². The van der Waals surface area contributed by atoms with Gasteiger partial charge in [0.15, 0.2) is 6.10 Å². The summed E-state index contributed by atoms with van der Waals surface area (Å²) in [7, 11) is -0.749. The average Bonchev–Trinajstić information content (AvgIpc) is 3.66. The first-order valence-corrected chi connectivity index (χ1v) is 24.1. The number of carbonyl (C=O) groups excluding carboxylic acids is 2. The van der Waals surface area contributed by atoms with Crippen LogP contribution in [0.2, 0.25) is 0 Å². The zero-order chi connectivity index (χ0) is 42.6. The van der Waals surface area contributed by atoms with Crippen LogP contribution in [0.1, 0.15) is 182 Å². The highest BCUT2D eigenvalue weighted by Crippen LogP contribution is 2.43. The predicted molar refractivity (Wildman–Crippen MR) is 231 cm³/mol. The van der Waals surface area contributed by atoms with Crippen molar-refractivity contribution in [2.24, 2.45) is 0 Å². The van der Waals surface area contributed by atoms with Crippen LogP contribution in [0, 0.1) is 20.8 Å². The third kappa shape index (κ3) is 23.4. The number of unbranched alkanes of at least 4 members (excludes halogenated alkanes) is 14. The van der Waals surface area contributed by atoms with Crippen molar-refractivity contribution in [2.45, 2.75) is 195 Å². The Balaban J connectivity index is 1.63. The van der Waals surface area contributed by atoms with Crippen LogP contribution in [0.4, 0.5) is 0 Å².